The summed E-state index contributed by atoms with van der Waals surface area (Å²) in [6.45, 7) is 1.47. The van der Waals surface area contributed by atoms with Crippen molar-refractivity contribution in [3.8, 4) is 0 Å². The van der Waals surface area contributed by atoms with Crippen LogP contribution in [0.5, 0.6) is 0 Å². The second-order valence-corrected chi connectivity index (χ2v) is 10.0. The number of imidazole rings is 1. The van der Waals surface area contributed by atoms with Crippen molar-refractivity contribution in [2.24, 2.45) is 7.05 Å². The first-order chi connectivity index (χ1) is 16.3. The van der Waals surface area contributed by atoms with Gasteiger partial charge in [0.05, 0.1) is 18.1 Å². The average molecular weight is 487 g/mol. The number of hydrogen-bond donors (Lipinski definition) is 1. The van der Waals surface area contributed by atoms with E-state index in [1.807, 2.05) is 11.6 Å². The summed E-state index contributed by atoms with van der Waals surface area (Å²) in [4.78, 5) is 17.3. The van der Waals surface area contributed by atoms with Crippen LogP contribution in [0, 0.1) is 5.82 Å². The van der Waals surface area contributed by atoms with Crippen LogP contribution in [-0.4, -0.2) is 54.5 Å². The maximum atomic E-state index is 13.4. The van der Waals surface area contributed by atoms with Gasteiger partial charge in [0.25, 0.3) is 0 Å². The lowest BCUT2D eigenvalue weighted by Crippen LogP contribution is -2.40. The largest absolute Gasteiger partial charge is 0.379 e. The SMILES string of the molecule is Cn1ccnc1C(NC(=O)CCc1ccc(S(=O)(=O)N2CCOCC2)cc1)c1ccc(F)cc1. The Bertz CT molecular complexity index is 1220. The molecule has 1 aliphatic heterocycles. The van der Waals surface area contributed by atoms with E-state index < -0.39 is 16.1 Å². The minimum Gasteiger partial charge on any atom is -0.379 e. The third-order valence-corrected chi connectivity index (χ3v) is 7.71. The van der Waals surface area contributed by atoms with Gasteiger partial charge in [0.2, 0.25) is 15.9 Å². The molecule has 10 heteroatoms. The fourth-order valence-corrected chi connectivity index (χ4v) is 5.27. The molecule has 0 bridgehead atoms. The van der Waals surface area contributed by atoms with Crippen molar-refractivity contribution in [2.75, 3.05) is 26.3 Å². The highest BCUT2D eigenvalue weighted by atomic mass is 32.2. The number of halogens is 1. The number of hydrogen-bond acceptors (Lipinski definition) is 5. The Morgan fingerprint density at radius 1 is 1.12 bits per heavy atom. The predicted octanol–water partition coefficient (Wildman–Crippen LogP) is 2.42. The number of morpholine rings is 1. The van der Waals surface area contributed by atoms with E-state index in [0.29, 0.717) is 38.5 Å². The summed E-state index contributed by atoms with van der Waals surface area (Å²) in [5.41, 5.74) is 1.58. The minimum absolute atomic E-state index is 0.192. The Hall–Kier alpha value is -3.08. The van der Waals surface area contributed by atoms with Gasteiger partial charge in [0, 0.05) is 39.0 Å². The molecule has 1 fully saturated rings. The molecule has 3 aromatic rings. The van der Waals surface area contributed by atoms with Crippen LogP contribution in [0.25, 0.3) is 0 Å². The van der Waals surface area contributed by atoms with Gasteiger partial charge in [0.15, 0.2) is 0 Å². The van der Waals surface area contributed by atoms with E-state index in [9.17, 15) is 17.6 Å². The Kier molecular flexibility index (Phi) is 7.40. The number of nitrogens with zero attached hydrogens (tertiary/aromatic N) is 3. The van der Waals surface area contributed by atoms with Gasteiger partial charge >= 0.3 is 0 Å². The van der Waals surface area contributed by atoms with Crippen LogP contribution in [0.4, 0.5) is 4.39 Å². The quantitative estimate of drug-likeness (QED) is 0.528. The zero-order chi connectivity index (χ0) is 24.1. The molecule has 8 nitrogen and oxygen atoms in total. The number of carbonyl (C=O) groups excluding carboxylic acids is 1. The molecule has 1 aliphatic rings. The monoisotopic (exact) mass is 486 g/mol. The van der Waals surface area contributed by atoms with Crippen molar-refractivity contribution in [3.05, 3.63) is 83.7 Å². The van der Waals surface area contributed by atoms with Crippen LogP contribution in [0.2, 0.25) is 0 Å². The maximum absolute atomic E-state index is 13.4. The molecule has 1 saturated heterocycles. The first-order valence-electron chi connectivity index (χ1n) is 11.0. The number of aryl methyl sites for hydroxylation is 2. The molecule has 1 aromatic heterocycles. The van der Waals surface area contributed by atoms with Gasteiger partial charge in [-0.05, 0) is 41.8 Å². The number of aromatic nitrogens is 2. The summed E-state index contributed by atoms with van der Waals surface area (Å²) >= 11 is 0. The van der Waals surface area contributed by atoms with E-state index in [-0.39, 0.29) is 23.0 Å². The normalized spacial score (nSPS) is 15.7. The van der Waals surface area contributed by atoms with Gasteiger partial charge in [-0.15, -0.1) is 0 Å². The van der Waals surface area contributed by atoms with Crippen molar-refractivity contribution in [1.29, 1.82) is 0 Å². The molecule has 1 atom stereocenters. The first-order valence-corrected chi connectivity index (χ1v) is 12.5. The van der Waals surface area contributed by atoms with Crippen molar-refractivity contribution < 1.29 is 22.3 Å². The number of amides is 1. The highest BCUT2D eigenvalue weighted by molar-refractivity contribution is 7.89. The van der Waals surface area contributed by atoms with E-state index in [0.717, 1.165) is 11.1 Å². The van der Waals surface area contributed by atoms with E-state index in [4.69, 9.17) is 4.74 Å². The van der Waals surface area contributed by atoms with E-state index in [2.05, 4.69) is 10.3 Å². The molecule has 34 heavy (non-hydrogen) atoms. The van der Waals surface area contributed by atoms with Crippen molar-refractivity contribution in [3.63, 3.8) is 0 Å². The third-order valence-electron chi connectivity index (χ3n) is 5.80. The minimum atomic E-state index is -3.55. The second-order valence-electron chi connectivity index (χ2n) is 8.11. The number of benzene rings is 2. The highest BCUT2D eigenvalue weighted by Gasteiger charge is 2.26. The lowest BCUT2D eigenvalue weighted by molar-refractivity contribution is -0.121. The second kappa shape index (κ2) is 10.5. The van der Waals surface area contributed by atoms with Gasteiger partial charge in [-0.2, -0.15) is 4.31 Å². The van der Waals surface area contributed by atoms with Crippen molar-refractivity contribution in [1.82, 2.24) is 19.2 Å². The number of nitrogens with one attached hydrogen (secondary N) is 1. The molecule has 0 radical (unpaired) electrons. The van der Waals surface area contributed by atoms with Crippen LogP contribution < -0.4 is 5.32 Å². The van der Waals surface area contributed by atoms with Crippen LogP contribution in [0.1, 0.15) is 29.4 Å². The molecule has 0 spiro atoms. The molecule has 1 N–H and O–H groups in total. The summed E-state index contributed by atoms with van der Waals surface area (Å²) in [6.07, 6.45) is 4.08. The number of ether oxygens (including phenoxy) is 1. The average Bonchev–Trinajstić information content (AvgIpc) is 3.28. The fourth-order valence-electron chi connectivity index (χ4n) is 3.86. The lowest BCUT2D eigenvalue weighted by Gasteiger charge is -2.26. The molecule has 0 aliphatic carbocycles. The van der Waals surface area contributed by atoms with Gasteiger partial charge in [0.1, 0.15) is 17.7 Å². The van der Waals surface area contributed by atoms with Crippen LogP contribution in [-0.2, 0) is 33.0 Å². The number of rotatable bonds is 8. The molecule has 180 valence electrons. The Balaban J connectivity index is 1.40. The lowest BCUT2D eigenvalue weighted by atomic mass is 10.0. The zero-order valence-electron chi connectivity index (χ0n) is 18.9. The van der Waals surface area contributed by atoms with E-state index in [1.165, 1.54) is 16.4 Å². The van der Waals surface area contributed by atoms with Gasteiger partial charge < -0.3 is 14.6 Å². The maximum Gasteiger partial charge on any atom is 0.243 e. The summed E-state index contributed by atoms with van der Waals surface area (Å²) in [6, 6.07) is 12.1. The number of sulfonamides is 1. The summed E-state index contributed by atoms with van der Waals surface area (Å²) in [7, 11) is -1.72. The van der Waals surface area contributed by atoms with E-state index >= 15 is 0 Å². The van der Waals surface area contributed by atoms with Crippen LogP contribution in [0.15, 0.2) is 65.8 Å². The van der Waals surface area contributed by atoms with Gasteiger partial charge in [-0.3, -0.25) is 4.79 Å². The molecular formula is C24H27FN4O4S. The Labute approximate surface area is 198 Å². The Morgan fingerprint density at radius 2 is 1.79 bits per heavy atom. The van der Waals surface area contributed by atoms with E-state index in [1.54, 1.807) is 48.8 Å². The standard InChI is InChI=1S/C24H27FN4O4S/c1-28-13-12-26-24(28)23(19-5-7-20(25)8-6-19)27-22(30)11-4-18-2-9-21(10-3-18)34(31,32)29-14-16-33-17-15-29/h2-3,5-10,12-13,23H,4,11,14-17H2,1H3,(H,27,30). The fraction of sp³-hybridized carbons (Fsp3) is 0.333. The highest BCUT2D eigenvalue weighted by Crippen LogP contribution is 2.22. The third kappa shape index (κ3) is 5.52. The predicted molar refractivity (Wildman–Crippen MR) is 124 cm³/mol. The van der Waals surface area contributed by atoms with Crippen LogP contribution in [0.3, 0.4) is 0 Å². The molecule has 4 rings (SSSR count). The van der Waals surface area contributed by atoms with Gasteiger partial charge in [-0.1, -0.05) is 24.3 Å². The smallest absolute Gasteiger partial charge is 0.243 e. The molecule has 1 amide bonds. The topological polar surface area (TPSA) is 93.5 Å². The van der Waals surface area contributed by atoms with Crippen molar-refractivity contribution in [2.45, 2.75) is 23.8 Å². The van der Waals surface area contributed by atoms with Gasteiger partial charge in [-0.25, -0.2) is 17.8 Å². The zero-order valence-corrected chi connectivity index (χ0v) is 19.7. The Morgan fingerprint density at radius 3 is 2.41 bits per heavy atom. The number of carbonyl (C=O) groups is 1. The molecule has 2 heterocycles. The molecule has 0 saturated carbocycles. The molecular weight excluding hydrogens is 459 g/mol. The first kappa shape index (κ1) is 24.1. The molecule has 2 aromatic carbocycles. The summed E-state index contributed by atoms with van der Waals surface area (Å²) < 4.78 is 47.4. The summed E-state index contributed by atoms with van der Waals surface area (Å²) in [5.74, 6) is 0.0905. The summed E-state index contributed by atoms with van der Waals surface area (Å²) in [5, 5.41) is 2.99. The van der Waals surface area contributed by atoms with Crippen LogP contribution >= 0.6 is 0 Å². The molecule has 1 unspecified atom stereocenters. The van der Waals surface area contributed by atoms with Crippen molar-refractivity contribution >= 4 is 15.9 Å².